The summed E-state index contributed by atoms with van der Waals surface area (Å²) in [6.07, 6.45) is 2.07. The molecule has 0 saturated heterocycles. The Morgan fingerprint density at radius 2 is 2.25 bits per heavy atom. The highest BCUT2D eigenvalue weighted by Crippen LogP contribution is 1.88. The van der Waals surface area contributed by atoms with Crippen LogP contribution in [0.15, 0.2) is 25.5 Å². The maximum atomic E-state index is 8.16. The van der Waals surface area contributed by atoms with Gasteiger partial charge in [0.25, 0.3) is 0 Å². The van der Waals surface area contributed by atoms with E-state index < -0.39 is 6.10 Å². The molecule has 1 atom stereocenters. The Labute approximate surface area is 48.7 Å². The summed E-state index contributed by atoms with van der Waals surface area (Å²) in [4.78, 5) is 0. The number of rotatable bonds is 3. The molecule has 0 unspecified atom stereocenters. The fraction of sp³-hybridized carbons (Fsp3) is 0.167. The van der Waals surface area contributed by atoms with Crippen molar-refractivity contribution in [2.45, 2.75) is 6.10 Å². The Morgan fingerprint density at radius 3 is 2.38 bits per heavy atom. The van der Waals surface area contributed by atoms with Gasteiger partial charge in [-0.15, -0.1) is 0 Å². The van der Waals surface area contributed by atoms with E-state index in [4.69, 9.17) is 5.26 Å². The third-order valence-electron chi connectivity index (χ3n) is 0.584. The van der Waals surface area contributed by atoms with E-state index >= 15 is 0 Å². The van der Waals surface area contributed by atoms with Crippen LogP contribution in [0.2, 0.25) is 0 Å². The largest absolute Gasteiger partial charge is 0.480 e. The van der Waals surface area contributed by atoms with Gasteiger partial charge < -0.3 is 4.74 Å². The van der Waals surface area contributed by atoms with E-state index in [1.165, 1.54) is 12.3 Å². The van der Waals surface area contributed by atoms with Gasteiger partial charge in [0.2, 0.25) is 6.10 Å². The average molecular weight is 109 g/mol. The lowest BCUT2D eigenvalue weighted by Gasteiger charge is -1.98. The Kier molecular flexibility index (Phi) is 3.34. The number of hydrogen-bond acceptors (Lipinski definition) is 2. The van der Waals surface area contributed by atoms with E-state index in [2.05, 4.69) is 17.9 Å². The zero-order valence-corrected chi connectivity index (χ0v) is 4.50. The third-order valence-corrected chi connectivity index (χ3v) is 0.584. The van der Waals surface area contributed by atoms with E-state index in [1.54, 1.807) is 0 Å². The molecule has 42 valence electrons. The minimum absolute atomic E-state index is 0.549. The van der Waals surface area contributed by atoms with Crippen molar-refractivity contribution in [3.8, 4) is 6.07 Å². The minimum Gasteiger partial charge on any atom is -0.480 e. The molecule has 0 aromatic carbocycles. The van der Waals surface area contributed by atoms with E-state index in [1.807, 2.05) is 6.07 Å². The second kappa shape index (κ2) is 3.94. The Bertz CT molecular complexity index is 123. The summed E-state index contributed by atoms with van der Waals surface area (Å²) in [7, 11) is 0. The standard InChI is InChI=1S/C6H7NO/c1-3-6(5-7)8-4-2/h3-4,6H,1-2H2/t6-/m0/s1. The summed E-state index contributed by atoms with van der Waals surface area (Å²) in [6, 6.07) is 1.84. The molecule has 0 fully saturated rings. The highest BCUT2D eigenvalue weighted by atomic mass is 16.5. The van der Waals surface area contributed by atoms with E-state index in [0.29, 0.717) is 0 Å². The normalized spacial score (nSPS) is 10.9. The highest BCUT2D eigenvalue weighted by Gasteiger charge is 1.94. The van der Waals surface area contributed by atoms with Crippen molar-refractivity contribution in [1.82, 2.24) is 0 Å². The van der Waals surface area contributed by atoms with Gasteiger partial charge in [0, 0.05) is 0 Å². The first-order valence-corrected chi connectivity index (χ1v) is 2.13. The van der Waals surface area contributed by atoms with Crippen LogP contribution in [0.4, 0.5) is 0 Å². The molecule has 0 aromatic heterocycles. The van der Waals surface area contributed by atoms with Crippen LogP contribution in [0.5, 0.6) is 0 Å². The van der Waals surface area contributed by atoms with Gasteiger partial charge in [-0.25, -0.2) is 0 Å². The maximum Gasteiger partial charge on any atom is 0.201 e. The van der Waals surface area contributed by atoms with Crippen LogP contribution in [0, 0.1) is 11.3 Å². The SMILES string of the molecule is C=CO[C@H](C#N)C=C. The van der Waals surface area contributed by atoms with Crippen LogP contribution < -0.4 is 0 Å². The molecule has 0 heterocycles. The summed E-state index contributed by atoms with van der Waals surface area (Å²) in [5, 5.41) is 8.16. The molecule has 0 spiro atoms. The molecule has 2 nitrogen and oxygen atoms in total. The van der Waals surface area contributed by atoms with Gasteiger partial charge in [-0.2, -0.15) is 5.26 Å². The van der Waals surface area contributed by atoms with Gasteiger partial charge in [0.05, 0.1) is 6.26 Å². The molecular formula is C6H7NO. The van der Waals surface area contributed by atoms with Crippen LogP contribution in [-0.2, 0) is 4.74 Å². The molecule has 0 aliphatic heterocycles. The van der Waals surface area contributed by atoms with E-state index in [0.717, 1.165) is 0 Å². The molecule has 0 aliphatic carbocycles. The van der Waals surface area contributed by atoms with Crippen LogP contribution in [-0.4, -0.2) is 6.10 Å². The predicted molar refractivity (Wildman–Crippen MR) is 30.9 cm³/mol. The van der Waals surface area contributed by atoms with Crippen molar-refractivity contribution in [2.75, 3.05) is 0 Å². The summed E-state index contributed by atoms with van der Waals surface area (Å²) in [6.45, 7) is 6.63. The molecule has 0 rings (SSSR count). The predicted octanol–water partition coefficient (Wildman–Crippen LogP) is 1.22. The molecule has 0 aliphatic rings. The number of hydrogen-bond donors (Lipinski definition) is 0. The quantitative estimate of drug-likeness (QED) is 0.403. The van der Waals surface area contributed by atoms with Crippen molar-refractivity contribution >= 4 is 0 Å². The van der Waals surface area contributed by atoms with Crippen LogP contribution in [0.1, 0.15) is 0 Å². The number of nitriles is 1. The molecule has 0 bridgehead atoms. The first kappa shape index (κ1) is 6.77. The fourth-order valence-corrected chi connectivity index (χ4v) is 0.242. The summed E-state index contributed by atoms with van der Waals surface area (Å²) >= 11 is 0. The molecule has 0 radical (unpaired) electrons. The topological polar surface area (TPSA) is 33.0 Å². The van der Waals surface area contributed by atoms with Crippen molar-refractivity contribution in [3.63, 3.8) is 0 Å². The highest BCUT2D eigenvalue weighted by molar-refractivity contribution is 4.98. The van der Waals surface area contributed by atoms with E-state index in [9.17, 15) is 0 Å². The Morgan fingerprint density at radius 1 is 1.62 bits per heavy atom. The zero-order chi connectivity index (χ0) is 6.41. The number of ether oxygens (including phenoxy) is 1. The Balaban J connectivity index is 3.56. The smallest absolute Gasteiger partial charge is 0.201 e. The lowest BCUT2D eigenvalue weighted by atomic mass is 10.4. The molecule has 8 heavy (non-hydrogen) atoms. The maximum absolute atomic E-state index is 8.16. The van der Waals surface area contributed by atoms with E-state index in [-0.39, 0.29) is 0 Å². The first-order valence-electron chi connectivity index (χ1n) is 2.13. The molecule has 0 saturated carbocycles. The summed E-state index contributed by atoms with van der Waals surface area (Å²) < 4.78 is 4.62. The fourth-order valence-electron chi connectivity index (χ4n) is 0.242. The minimum atomic E-state index is -0.549. The molecule has 0 N–H and O–H groups in total. The lowest BCUT2D eigenvalue weighted by Crippen LogP contribution is -1.99. The molecular weight excluding hydrogens is 102 g/mol. The Hall–Kier alpha value is -1.23. The third kappa shape index (κ3) is 2.04. The average Bonchev–Trinajstić information content (AvgIpc) is 1.83. The van der Waals surface area contributed by atoms with Gasteiger partial charge in [-0.05, 0) is 6.08 Å². The van der Waals surface area contributed by atoms with Crippen LogP contribution >= 0.6 is 0 Å². The second-order valence-electron chi connectivity index (χ2n) is 1.09. The van der Waals surface area contributed by atoms with Gasteiger partial charge in [0.1, 0.15) is 6.07 Å². The van der Waals surface area contributed by atoms with Crippen molar-refractivity contribution in [2.24, 2.45) is 0 Å². The summed E-state index contributed by atoms with van der Waals surface area (Å²) in [5.41, 5.74) is 0. The lowest BCUT2D eigenvalue weighted by molar-refractivity contribution is 0.235. The number of nitrogens with zero attached hydrogens (tertiary/aromatic N) is 1. The molecule has 0 amide bonds. The molecule has 0 aromatic rings. The van der Waals surface area contributed by atoms with Gasteiger partial charge >= 0.3 is 0 Å². The van der Waals surface area contributed by atoms with Crippen LogP contribution in [0.3, 0.4) is 0 Å². The second-order valence-corrected chi connectivity index (χ2v) is 1.09. The van der Waals surface area contributed by atoms with Gasteiger partial charge in [-0.1, -0.05) is 13.2 Å². The first-order chi connectivity index (χ1) is 3.85. The summed E-state index contributed by atoms with van der Waals surface area (Å²) in [5.74, 6) is 0. The van der Waals surface area contributed by atoms with Gasteiger partial charge in [0.15, 0.2) is 0 Å². The van der Waals surface area contributed by atoms with Crippen molar-refractivity contribution < 1.29 is 4.74 Å². The van der Waals surface area contributed by atoms with Crippen molar-refractivity contribution in [3.05, 3.63) is 25.5 Å². The van der Waals surface area contributed by atoms with Crippen LogP contribution in [0.25, 0.3) is 0 Å². The van der Waals surface area contributed by atoms with Gasteiger partial charge in [-0.3, -0.25) is 0 Å². The monoisotopic (exact) mass is 109 g/mol. The molecule has 2 heteroatoms. The van der Waals surface area contributed by atoms with Crippen molar-refractivity contribution in [1.29, 1.82) is 5.26 Å². The zero-order valence-electron chi connectivity index (χ0n) is 4.50.